The molecule has 0 spiro atoms. The van der Waals surface area contributed by atoms with Crippen LogP contribution in [-0.2, 0) is 0 Å². The molecule has 66 heavy (non-hydrogen) atoms. The van der Waals surface area contributed by atoms with Crippen LogP contribution in [0.25, 0.3) is 32.3 Å². The second-order valence-corrected chi connectivity index (χ2v) is 17.2. The van der Waals surface area contributed by atoms with Crippen LogP contribution in [0.5, 0.6) is 34.5 Å². The molecule has 318 valence electrons. The fourth-order valence-corrected chi connectivity index (χ4v) is 10.1. The smallest absolute Gasteiger partial charge is 0.165 e. The van der Waals surface area contributed by atoms with E-state index in [0.717, 1.165) is 65.7 Å². The molecule has 0 saturated heterocycles. The summed E-state index contributed by atoms with van der Waals surface area (Å²) in [4.78, 5) is 0. The van der Waals surface area contributed by atoms with Crippen molar-refractivity contribution < 1.29 is 28.4 Å². The molecule has 0 aliphatic carbocycles. The van der Waals surface area contributed by atoms with Crippen LogP contribution in [0.3, 0.4) is 0 Å². The molecule has 3 aliphatic rings. The van der Waals surface area contributed by atoms with Crippen molar-refractivity contribution in [2.45, 2.75) is 36.6 Å². The standard InChI is InChI=1S/C60H42O6/c1-7-19-37(20-8-1)55-56(38-21-9-2-10-22-38)62-50-32-44-43(31-49(50)61-55)45-33-51-53(65-58(40-25-13-4-14-26-40)57(63-51)39-23-11-3-12-24-39)35-47(45)48-36-54-52(34-46(44)48)64-59(41-27-15-5-16-28-41)60(66-54)42-29-17-6-18-30-42/h1-36,55-60H. The van der Waals surface area contributed by atoms with E-state index >= 15 is 0 Å². The lowest BCUT2D eigenvalue weighted by molar-refractivity contribution is 0.0184. The summed E-state index contributed by atoms with van der Waals surface area (Å²) in [5.41, 5.74) is 6.20. The molecule has 3 aliphatic heterocycles. The molecule has 10 aromatic rings. The molecular formula is C60H42O6. The van der Waals surface area contributed by atoms with Gasteiger partial charge in [-0.3, -0.25) is 0 Å². The van der Waals surface area contributed by atoms with E-state index in [9.17, 15) is 0 Å². The predicted molar refractivity (Wildman–Crippen MR) is 258 cm³/mol. The van der Waals surface area contributed by atoms with Crippen LogP contribution in [0.4, 0.5) is 0 Å². The average Bonchev–Trinajstić information content (AvgIpc) is 3.40. The normalized spacial score (nSPS) is 20.5. The molecular weight excluding hydrogens is 817 g/mol. The predicted octanol–water partition coefficient (Wildman–Crippen LogP) is 14.9. The Kier molecular flexibility index (Phi) is 9.15. The molecule has 13 rings (SSSR count). The Labute approximate surface area is 382 Å². The van der Waals surface area contributed by atoms with Gasteiger partial charge in [-0.2, -0.15) is 0 Å². The highest BCUT2D eigenvalue weighted by Crippen LogP contribution is 2.55. The van der Waals surface area contributed by atoms with Crippen LogP contribution in [-0.4, -0.2) is 0 Å². The van der Waals surface area contributed by atoms with Crippen molar-refractivity contribution in [3.8, 4) is 34.5 Å². The van der Waals surface area contributed by atoms with Crippen molar-refractivity contribution >= 4 is 32.3 Å². The number of rotatable bonds is 6. The Hall–Kier alpha value is -8.22. The lowest BCUT2D eigenvalue weighted by Crippen LogP contribution is -2.27. The van der Waals surface area contributed by atoms with Gasteiger partial charge >= 0.3 is 0 Å². The van der Waals surface area contributed by atoms with Crippen molar-refractivity contribution in [1.82, 2.24) is 0 Å². The van der Waals surface area contributed by atoms with Crippen molar-refractivity contribution in [2.75, 3.05) is 0 Å². The van der Waals surface area contributed by atoms with Gasteiger partial charge in [0.1, 0.15) is 0 Å². The first-order valence-corrected chi connectivity index (χ1v) is 22.5. The Morgan fingerprint density at radius 2 is 0.318 bits per heavy atom. The second kappa shape index (κ2) is 15.8. The monoisotopic (exact) mass is 858 g/mol. The first-order chi connectivity index (χ1) is 32.7. The molecule has 3 heterocycles. The zero-order valence-electron chi connectivity index (χ0n) is 35.7. The SMILES string of the molecule is c1ccc(C2Oc3cc4c5cc6c(cc5c5cc7c(cc5c4cc3OC2c2ccccc2)OC(c2ccccc2)C(c2ccccc2)O7)OC(c2ccccc2)C(c2ccccc2)O6)cc1. The Bertz CT molecular complexity index is 2770. The molecule has 6 unspecified atom stereocenters. The fourth-order valence-electron chi connectivity index (χ4n) is 10.1. The number of fused-ring (bicyclic) bond motifs is 9. The summed E-state index contributed by atoms with van der Waals surface area (Å²) in [5, 5.41) is 5.90. The van der Waals surface area contributed by atoms with Crippen molar-refractivity contribution in [2.24, 2.45) is 0 Å². The van der Waals surface area contributed by atoms with Crippen LogP contribution in [0.15, 0.2) is 218 Å². The molecule has 0 fully saturated rings. The van der Waals surface area contributed by atoms with Gasteiger partial charge in [0.05, 0.1) is 0 Å². The van der Waals surface area contributed by atoms with Crippen LogP contribution >= 0.6 is 0 Å². The van der Waals surface area contributed by atoms with Crippen molar-refractivity contribution in [3.63, 3.8) is 0 Å². The highest BCUT2D eigenvalue weighted by atomic mass is 16.6. The third-order valence-corrected chi connectivity index (χ3v) is 13.2. The maximum Gasteiger partial charge on any atom is 0.165 e. The minimum atomic E-state index is -0.388. The van der Waals surface area contributed by atoms with Gasteiger partial charge in [0.25, 0.3) is 0 Å². The summed E-state index contributed by atoms with van der Waals surface area (Å²) in [6, 6.07) is 74.7. The molecule has 0 saturated carbocycles. The van der Waals surface area contributed by atoms with Gasteiger partial charge in [0, 0.05) is 0 Å². The maximum absolute atomic E-state index is 7.09. The van der Waals surface area contributed by atoms with E-state index in [1.165, 1.54) is 0 Å². The first-order valence-electron chi connectivity index (χ1n) is 22.5. The molecule has 0 bridgehead atoms. The Morgan fingerprint density at radius 3 is 0.455 bits per heavy atom. The van der Waals surface area contributed by atoms with E-state index in [1.807, 2.05) is 109 Å². The lowest BCUT2D eigenvalue weighted by Gasteiger charge is -2.36. The average molecular weight is 859 g/mol. The second-order valence-electron chi connectivity index (χ2n) is 17.2. The van der Waals surface area contributed by atoms with Crippen molar-refractivity contribution in [3.05, 3.63) is 252 Å². The van der Waals surface area contributed by atoms with Gasteiger partial charge < -0.3 is 28.4 Å². The molecule has 6 nitrogen and oxygen atoms in total. The van der Waals surface area contributed by atoms with E-state index in [-0.39, 0.29) is 36.6 Å². The number of ether oxygens (including phenoxy) is 6. The molecule has 6 atom stereocenters. The zero-order valence-corrected chi connectivity index (χ0v) is 35.7. The van der Waals surface area contributed by atoms with Crippen LogP contribution in [0.2, 0.25) is 0 Å². The molecule has 0 amide bonds. The maximum atomic E-state index is 7.09. The zero-order chi connectivity index (χ0) is 43.6. The third-order valence-electron chi connectivity index (χ3n) is 13.2. The first kappa shape index (κ1) is 38.3. The largest absolute Gasteiger partial charge is 0.478 e. The molecule has 6 heteroatoms. The summed E-state index contributed by atoms with van der Waals surface area (Å²) in [6.07, 6.45) is -2.33. The molecule has 0 N–H and O–H groups in total. The number of hydrogen-bond acceptors (Lipinski definition) is 6. The topological polar surface area (TPSA) is 55.4 Å². The quantitative estimate of drug-likeness (QED) is 0.155. The van der Waals surface area contributed by atoms with E-state index in [4.69, 9.17) is 28.4 Å². The fraction of sp³-hybridized carbons (Fsp3) is 0.100. The number of hydrogen-bond donors (Lipinski definition) is 0. The minimum Gasteiger partial charge on any atom is -0.478 e. The summed E-state index contributed by atoms with van der Waals surface area (Å²) in [7, 11) is 0. The Balaban J connectivity index is 1.04. The summed E-state index contributed by atoms with van der Waals surface area (Å²) < 4.78 is 42.5. The molecule has 10 aromatic carbocycles. The number of benzene rings is 10. The van der Waals surface area contributed by atoms with Gasteiger partial charge in [-0.1, -0.05) is 182 Å². The van der Waals surface area contributed by atoms with Gasteiger partial charge in [-0.25, -0.2) is 0 Å². The Morgan fingerprint density at radius 1 is 0.182 bits per heavy atom. The summed E-state index contributed by atoms with van der Waals surface area (Å²) in [5.74, 6) is 3.99. The van der Waals surface area contributed by atoms with Gasteiger partial charge in [0.15, 0.2) is 71.1 Å². The van der Waals surface area contributed by atoms with E-state index in [2.05, 4.69) is 109 Å². The minimum absolute atomic E-state index is 0.388. The molecule has 0 radical (unpaired) electrons. The van der Waals surface area contributed by atoms with Crippen LogP contribution in [0, 0.1) is 0 Å². The van der Waals surface area contributed by atoms with Crippen LogP contribution in [0.1, 0.15) is 70.0 Å². The van der Waals surface area contributed by atoms with Crippen molar-refractivity contribution in [1.29, 1.82) is 0 Å². The third kappa shape index (κ3) is 6.56. The van der Waals surface area contributed by atoms with Gasteiger partial charge in [-0.05, 0) is 102 Å². The van der Waals surface area contributed by atoms with Gasteiger partial charge in [-0.15, -0.1) is 0 Å². The summed E-state index contributed by atoms with van der Waals surface area (Å²) in [6.45, 7) is 0. The van der Waals surface area contributed by atoms with Gasteiger partial charge in [0.2, 0.25) is 0 Å². The van der Waals surface area contributed by atoms with Crippen LogP contribution < -0.4 is 28.4 Å². The lowest BCUT2D eigenvalue weighted by atomic mass is 9.91. The van der Waals surface area contributed by atoms with E-state index < -0.39 is 0 Å². The highest BCUT2D eigenvalue weighted by molar-refractivity contribution is 6.27. The van der Waals surface area contributed by atoms with E-state index in [1.54, 1.807) is 0 Å². The van der Waals surface area contributed by atoms with E-state index in [0.29, 0.717) is 34.5 Å². The highest BCUT2D eigenvalue weighted by Gasteiger charge is 2.39. The molecule has 0 aromatic heterocycles. The summed E-state index contributed by atoms with van der Waals surface area (Å²) >= 11 is 0.